The summed E-state index contributed by atoms with van der Waals surface area (Å²) in [5, 5.41) is 0. The van der Waals surface area contributed by atoms with Crippen LogP contribution in [0.3, 0.4) is 0 Å². The molecule has 0 saturated carbocycles. The molecule has 0 fully saturated rings. The van der Waals surface area contributed by atoms with Gasteiger partial charge in [0.25, 0.3) is 0 Å². The number of rotatable bonds is 1. The monoisotopic (exact) mass is 162 g/mol. The van der Waals surface area contributed by atoms with Crippen molar-refractivity contribution in [2.75, 3.05) is 0 Å². The van der Waals surface area contributed by atoms with Gasteiger partial charge in [0, 0.05) is 18.5 Å². The smallest absolute Gasteiger partial charge is 0.239 e. The molecule has 0 atom stereocenters. The third-order valence-corrected chi connectivity index (χ3v) is 1.43. The average molecular weight is 162 g/mol. The number of hydrogen-bond acceptors (Lipinski definition) is 5. The lowest BCUT2D eigenvalue weighted by molar-refractivity contribution is 0.322. The predicted octanol–water partition coefficient (Wildman–Crippen LogP) is 0.277. The van der Waals surface area contributed by atoms with Gasteiger partial charge in [0.2, 0.25) is 5.88 Å². The molecule has 0 amide bonds. The van der Waals surface area contributed by atoms with Crippen LogP contribution in [-0.4, -0.2) is 15.0 Å². The van der Waals surface area contributed by atoms with Crippen molar-refractivity contribution in [3.63, 3.8) is 0 Å². The zero-order valence-electron chi connectivity index (χ0n) is 6.14. The van der Waals surface area contributed by atoms with Gasteiger partial charge in [0.15, 0.2) is 5.65 Å². The first kappa shape index (κ1) is 6.93. The highest BCUT2D eigenvalue weighted by molar-refractivity contribution is 5.69. The maximum Gasteiger partial charge on any atom is 0.239 e. The Kier molecular flexibility index (Phi) is 1.56. The lowest BCUT2D eigenvalue weighted by atomic mass is 10.4. The number of aromatic nitrogens is 3. The Morgan fingerprint density at radius 3 is 2.83 bits per heavy atom. The van der Waals surface area contributed by atoms with Crippen LogP contribution in [-0.2, 0) is 0 Å². The molecule has 2 aromatic rings. The molecule has 2 rings (SSSR count). The van der Waals surface area contributed by atoms with Gasteiger partial charge in [-0.15, -0.1) is 0 Å². The quantitative estimate of drug-likeness (QED) is 0.609. The van der Waals surface area contributed by atoms with Crippen molar-refractivity contribution < 1.29 is 4.84 Å². The Labute approximate surface area is 68.2 Å². The van der Waals surface area contributed by atoms with E-state index >= 15 is 0 Å². The van der Waals surface area contributed by atoms with Gasteiger partial charge < -0.3 is 4.84 Å². The van der Waals surface area contributed by atoms with Crippen molar-refractivity contribution in [1.29, 1.82) is 0 Å². The minimum absolute atomic E-state index is 0.336. The van der Waals surface area contributed by atoms with E-state index in [2.05, 4.69) is 19.8 Å². The minimum atomic E-state index is 0.336. The van der Waals surface area contributed by atoms with E-state index in [9.17, 15) is 0 Å². The summed E-state index contributed by atoms with van der Waals surface area (Å²) in [5.74, 6) is 5.27. The molecule has 60 valence electrons. The first-order chi connectivity index (χ1) is 5.90. The molecule has 5 heteroatoms. The van der Waals surface area contributed by atoms with E-state index < -0.39 is 0 Å². The third-order valence-electron chi connectivity index (χ3n) is 1.43. The van der Waals surface area contributed by atoms with Crippen LogP contribution in [0.4, 0.5) is 0 Å². The lowest BCUT2D eigenvalue weighted by Gasteiger charge is -1.97. The Morgan fingerprint density at radius 1 is 1.17 bits per heavy atom. The fourth-order valence-corrected chi connectivity index (χ4v) is 0.903. The first-order valence-electron chi connectivity index (χ1n) is 3.34. The summed E-state index contributed by atoms with van der Waals surface area (Å²) < 4.78 is 0. The van der Waals surface area contributed by atoms with Crippen LogP contribution in [0, 0.1) is 0 Å². The molecule has 0 aromatic carbocycles. The second-order valence-corrected chi connectivity index (χ2v) is 2.17. The second-order valence-electron chi connectivity index (χ2n) is 2.17. The van der Waals surface area contributed by atoms with E-state index in [1.54, 1.807) is 24.5 Å². The molecule has 2 aromatic heterocycles. The van der Waals surface area contributed by atoms with E-state index in [4.69, 9.17) is 5.90 Å². The third kappa shape index (κ3) is 1.06. The van der Waals surface area contributed by atoms with Crippen LogP contribution in [0.5, 0.6) is 5.88 Å². The minimum Gasteiger partial charge on any atom is -0.391 e. The van der Waals surface area contributed by atoms with Crippen molar-refractivity contribution >= 4 is 11.2 Å². The molecular weight excluding hydrogens is 156 g/mol. The highest BCUT2D eigenvalue weighted by Crippen LogP contribution is 2.10. The molecule has 0 saturated heterocycles. The van der Waals surface area contributed by atoms with Crippen LogP contribution >= 0.6 is 0 Å². The summed E-state index contributed by atoms with van der Waals surface area (Å²) in [6, 6.07) is 3.38. The Balaban J connectivity index is 2.67. The standard InChI is InChI=1S/C7H6N4O/c8-12-6-2-1-5-7(11-6)10-4-3-9-5/h1-4H,8H2. The number of hydrogen-bond donors (Lipinski definition) is 1. The van der Waals surface area contributed by atoms with E-state index in [1.807, 2.05) is 0 Å². The van der Waals surface area contributed by atoms with Crippen molar-refractivity contribution in [3.8, 4) is 5.88 Å². The predicted molar refractivity (Wildman–Crippen MR) is 42.1 cm³/mol. The summed E-state index contributed by atoms with van der Waals surface area (Å²) in [6.07, 6.45) is 3.17. The van der Waals surface area contributed by atoms with Gasteiger partial charge in [-0.1, -0.05) is 0 Å². The molecule has 12 heavy (non-hydrogen) atoms. The molecular formula is C7H6N4O. The van der Waals surface area contributed by atoms with E-state index in [-0.39, 0.29) is 0 Å². The van der Waals surface area contributed by atoms with Crippen LogP contribution in [0.1, 0.15) is 0 Å². The van der Waals surface area contributed by atoms with Crippen LogP contribution in [0.15, 0.2) is 24.5 Å². The molecule has 5 nitrogen and oxygen atoms in total. The first-order valence-corrected chi connectivity index (χ1v) is 3.34. The van der Waals surface area contributed by atoms with Gasteiger partial charge >= 0.3 is 0 Å². The zero-order valence-corrected chi connectivity index (χ0v) is 6.14. The lowest BCUT2D eigenvalue weighted by Crippen LogP contribution is -2.03. The maximum atomic E-state index is 4.93. The SMILES string of the molecule is NOc1ccc2nccnc2n1. The highest BCUT2D eigenvalue weighted by Gasteiger charge is 1.98. The summed E-state index contributed by atoms with van der Waals surface area (Å²) in [6.45, 7) is 0. The van der Waals surface area contributed by atoms with Crippen LogP contribution in [0.25, 0.3) is 11.2 Å². The number of pyridine rings is 1. The molecule has 0 spiro atoms. The van der Waals surface area contributed by atoms with Crippen molar-refractivity contribution in [1.82, 2.24) is 15.0 Å². The number of fused-ring (bicyclic) bond motifs is 1. The van der Waals surface area contributed by atoms with Crippen molar-refractivity contribution in [2.24, 2.45) is 5.90 Å². The molecule has 2 heterocycles. The second kappa shape index (κ2) is 2.71. The molecule has 0 radical (unpaired) electrons. The summed E-state index contributed by atoms with van der Waals surface area (Å²) >= 11 is 0. The zero-order chi connectivity index (χ0) is 8.39. The normalized spacial score (nSPS) is 10.1. The van der Waals surface area contributed by atoms with Gasteiger partial charge in [-0.05, 0) is 6.07 Å². The topological polar surface area (TPSA) is 73.9 Å². The molecule has 0 unspecified atom stereocenters. The molecule has 0 bridgehead atoms. The fraction of sp³-hybridized carbons (Fsp3) is 0. The van der Waals surface area contributed by atoms with E-state index in [0.717, 1.165) is 5.52 Å². The summed E-state index contributed by atoms with van der Waals surface area (Å²) in [4.78, 5) is 16.4. The Morgan fingerprint density at radius 2 is 2.00 bits per heavy atom. The molecule has 0 aliphatic carbocycles. The molecule has 2 N–H and O–H groups in total. The Bertz CT molecular complexity index is 403. The van der Waals surface area contributed by atoms with Gasteiger partial charge in [-0.25, -0.2) is 4.98 Å². The van der Waals surface area contributed by atoms with Gasteiger partial charge in [0.1, 0.15) is 5.52 Å². The van der Waals surface area contributed by atoms with Gasteiger partial charge in [-0.3, -0.25) is 4.98 Å². The molecule has 0 aliphatic rings. The van der Waals surface area contributed by atoms with Gasteiger partial charge in [-0.2, -0.15) is 10.9 Å². The van der Waals surface area contributed by atoms with Crippen LogP contribution < -0.4 is 10.7 Å². The maximum absolute atomic E-state index is 4.93. The summed E-state index contributed by atoms with van der Waals surface area (Å²) in [7, 11) is 0. The number of nitrogens with two attached hydrogens (primary N) is 1. The highest BCUT2D eigenvalue weighted by atomic mass is 16.6. The fourth-order valence-electron chi connectivity index (χ4n) is 0.903. The van der Waals surface area contributed by atoms with Gasteiger partial charge in [0.05, 0.1) is 0 Å². The summed E-state index contributed by atoms with van der Waals surface area (Å²) in [5.41, 5.74) is 1.25. The average Bonchev–Trinajstić information content (AvgIpc) is 2.17. The van der Waals surface area contributed by atoms with Crippen molar-refractivity contribution in [3.05, 3.63) is 24.5 Å². The number of nitrogens with zero attached hydrogens (tertiary/aromatic N) is 3. The largest absolute Gasteiger partial charge is 0.391 e. The Hall–Kier alpha value is -1.75. The van der Waals surface area contributed by atoms with E-state index in [0.29, 0.717) is 11.5 Å². The molecule has 0 aliphatic heterocycles. The van der Waals surface area contributed by atoms with Crippen molar-refractivity contribution in [2.45, 2.75) is 0 Å². The van der Waals surface area contributed by atoms with Crippen LogP contribution in [0.2, 0.25) is 0 Å². The van der Waals surface area contributed by atoms with E-state index in [1.165, 1.54) is 0 Å².